The summed E-state index contributed by atoms with van der Waals surface area (Å²) in [5.41, 5.74) is 2.44. The molecule has 1 heterocycles. The molecule has 1 fully saturated rings. The number of hydrogen-bond donors (Lipinski definition) is 0. The Hall–Kier alpha value is -2.13. The molecule has 22 heavy (non-hydrogen) atoms. The highest BCUT2D eigenvalue weighted by molar-refractivity contribution is 5.78. The monoisotopic (exact) mass is 294 g/mol. The summed E-state index contributed by atoms with van der Waals surface area (Å²) in [7, 11) is 0. The van der Waals surface area contributed by atoms with Gasteiger partial charge in [-0.3, -0.25) is 9.69 Å². The van der Waals surface area contributed by atoms with Gasteiger partial charge in [-0.05, 0) is 11.1 Å². The number of hydrogen-bond acceptors (Lipinski definition) is 2. The van der Waals surface area contributed by atoms with Gasteiger partial charge in [0.1, 0.15) is 0 Å². The Balaban J connectivity index is 1.48. The van der Waals surface area contributed by atoms with Crippen molar-refractivity contribution < 1.29 is 4.79 Å². The maximum atomic E-state index is 12.3. The van der Waals surface area contributed by atoms with Crippen molar-refractivity contribution in [1.82, 2.24) is 9.80 Å². The van der Waals surface area contributed by atoms with Gasteiger partial charge in [0.2, 0.25) is 5.91 Å². The molecule has 0 aromatic heterocycles. The molecule has 1 aliphatic heterocycles. The van der Waals surface area contributed by atoms with Crippen LogP contribution in [0.5, 0.6) is 0 Å². The predicted molar refractivity (Wildman–Crippen MR) is 88.4 cm³/mol. The van der Waals surface area contributed by atoms with Crippen LogP contribution in [0, 0.1) is 0 Å². The van der Waals surface area contributed by atoms with E-state index in [0.717, 1.165) is 38.3 Å². The Bertz CT molecular complexity index is 589. The molecule has 3 nitrogen and oxygen atoms in total. The van der Waals surface area contributed by atoms with Crippen molar-refractivity contribution in [3.05, 3.63) is 71.8 Å². The Morgan fingerprint density at radius 1 is 0.773 bits per heavy atom. The summed E-state index contributed by atoms with van der Waals surface area (Å²) in [4.78, 5) is 16.8. The minimum atomic E-state index is 0.241. The lowest BCUT2D eigenvalue weighted by Gasteiger charge is -2.34. The molecular formula is C19H22N2O. The van der Waals surface area contributed by atoms with E-state index < -0.39 is 0 Å². The number of rotatable bonds is 4. The SMILES string of the molecule is O=C(Cc1ccccc1)N1CCN(Cc2ccccc2)CC1. The van der Waals surface area contributed by atoms with E-state index in [1.807, 2.05) is 41.3 Å². The summed E-state index contributed by atoms with van der Waals surface area (Å²) < 4.78 is 0. The van der Waals surface area contributed by atoms with E-state index >= 15 is 0 Å². The summed E-state index contributed by atoms with van der Waals surface area (Å²) in [5, 5.41) is 0. The van der Waals surface area contributed by atoms with Gasteiger partial charge in [-0.1, -0.05) is 60.7 Å². The molecule has 0 spiro atoms. The van der Waals surface area contributed by atoms with Crippen molar-refractivity contribution in [2.45, 2.75) is 13.0 Å². The summed E-state index contributed by atoms with van der Waals surface area (Å²) in [6.45, 7) is 4.55. The van der Waals surface area contributed by atoms with Gasteiger partial charge in [-0.25, -0.2) is 0 Å². The first-order valence-corrected chi connectivity index (χ1v) is 7.89. The molecule has 3 heteroatoms. The summed E-state index contributed by atoms with van der Waals surface area (Å²) >= 11 is 0. The van der Waals surface area contributed by atoms with Crippen molar-refractivity contribution in [3.63, 3.8) is 0 Å². The van der Waals surface area contributed by atoms with Gasteiger partial charge < -0.3 is 4.90 Å². The fraction of sp³-hybridized carbons (Fsp3) is 0.316. The Labute approximate surface area is 132 Å². The highest BCUT2D eigenvalue weighted by Gasteiger charge is 2.20. The zero-order valence-electron chi connectivity index (χ0n) is 12.8. The molecule has 0 bridgehead atoms. The first-order valence-electron chi connectivity index (χ1n) is 7.89. The summed E-state index contributed by atoms with van der Waals surface area (Å²) in [5.74, 6) is 0.241. The Kier molecular flexibility index (Phi) is 4.86. The Morgan fingerprint density at radius 2 is 1.32 bits per heavy atom. The molecule has 0 N–H and O–H groups in total. The second kappa shape index (κ2) is 7.23. The zero-order chi connectivity index (χ0) is 15.2. The van der Waals surface area contributed by atoms with Crippen molar-refractivity contribution >= 4 is 5.91 Å². The van der Waals surface area contributed by atoms with Gasteiger partial charge in [0.25, 0.3) is 0 Å². The van der Waals surface area contributed by atoms with Crippen molar-refractivity contribution in [1.29, 1.82) is 0 Å². The molecule has 0 unspecified atom stereocenters. The molecule has 0 aliphatic carbocycles. The lowest BCUT2D eigenvalue weighted by Crippen LogP contribution is -2.48. The standard InChI is InChI=1S/C19H22N2O/c22-19(15-17-7-3-1-4-8-17)21-13-11-20(12-14-21)16-18-9-5-2-6-10-18/h1-10H,11-16H2. The topological polar surface area (TPSA) is 23.6 Å². The van der Waals surface area contributed by atoms with Crippen LogP contribution in [0.3, 0.4) is 0 Å². The average molecular weight is 294 g/mol. The number of amides is 1. The number of carbonyl (C=O) groups excluding carboxylic acids is 1. The molecule has 1 amide bonds. The van der Waals surface area contributed by atoms with Gasteiger partial charge in [-0.2, -0.15) is 0 Å². The molecule has 0 saturated carbocycles. The van der Waals surface area contributed by atoms with Crippen LogP contribution in [0.2, 0.25) is 0 Å². The van der Waals surface area contributed by atoms with Crippen LogP contribution >= 0.6 is 0 Å². The summed E-state index contributed by atoms with van der Waals surface area (Å²) in [6.07, 6.45) is 0.513. The predicted octanol–water partition coefficient (Wildman–Crippen LogP) is 2.57. The minimum Gasteiger partial charge on any atom is -0.340 e. The van der Waals surface area contributed by atoms with E-state index in [9.17, 15) is 4.79 Å². The molecule has 3 rings (SSSR count). The number of carbonyl (C=O) groups is 1. The van der Waals surface area contributed by atoms with E-state index in [-0.39, 0.29) is 5.91 Å². The van der Waals surface area contributed by atoms with E-state index in [4.69, 9.17) is 0 Å². The van der Waals surface area contributed by atoms with Crippen molar-refractivity contribution in [2.24, 2.45) is 0 Å². The quantitative estimate of drug-likeness (QED) is 0.865. The number of piperazine rings is 1. The second-order valence-corrected chi connectivity index (χ2v) is 5.80. The van der Waals surface area contributed by atoms with Crippen LogP contribution in [0.1, 0.15) is 11.1 Å². The first kappa shape index (κ1) is 14.8. The highest BCUT2D eigenvalue weighted by Crippen LogP contribution is 2.10. The fourth-order valence-corrected chi connectivity index (χ4v) is 2.88. The molecule has 1 saturated heterocycles. The zero-order valence-corrected chi connectivity index (χ0v) is 12.8. The largest absolute Gasteiger partial charge is 0.340 e. The normalized spacial score (nSPS) is 15.7. The average Bonchev–Trinajstić information content (AvgIpc) is 2.57. The molecular weight excluding hydrogens is 272 g/mol. The van der Waals surface area contributed by atoms with Gasteiger partial charge in [0, 0.05) is 32.7 Å². The van der Waals surface area contributed by atoms with Gasteiger partial charge in [-0.15, -0.1) is 0 Å². The van der Waals surface area contributed by atoms with E-state index in [1.54, 1.807) is 0 Å². The van der Waals surface area contributed by atoms with E-state index in [2.05, 4.69) is 29.2 Å². The molecule has 1 aliphatic rings. The number of benzene rings is 2. The van der Waals surface area contributed by atoms with E-state index in [1.165, 1.54) is 5.56 Å². The third kappa shape index (κ3) is 3.95. The van der Waals surface area contributed by atoms with Gasteiger partial charge in [0.15, 0.2) is 0 Å². The van der Waals surface area contributed by atoms with Crippen LogP contribution in [0.4, 0.5) is 0 Å². The van der Waals surface area contributed by atoms with Crippen LogP contribution < -0.4 is 0 Å². The lowest BCUT2D eigenvalue weighted by atomic mass is 10.1. The number of nitrogens with zero attached hydrogens (tertiary/aromatic N) is 2. The first-order chi connectivity index (χ1) is 10.8. The molecule has 0 atom stereocenters. The second-order valence-electron chi connectivity index (χ2n) is 5.80. The van der Waals surface area contributed by atoms with Crippen LogP contribution in [-0.2, 0) is 17.8 Å². The van der Waals surface area contributed by atoms with E-state index in [0.29, 0.717) is 6.42 Å². The van der Waals surface area contributed by atoms with Crippen LogP contribution in [0.25, 0.3) is 0 Å². The Morgan fingerprint density at radius 3 is 1.91 bits per heavy atom. The third-order valence-electron chi connectivity index (χ3n) is 4.17. The smallest absolute Gasteiger partial charge is 0.227 e. The molecule has 2 aromatic carbocycles. The van der Waals surface area contributed by atoms with Crippen LogP contribution in [-0.4, -0.2) is 41.9 Å². The maximum absolute atomic E-state index is 12.3. The van der Waals surface area contributed by atoms with Crippen molar-refractivity contribution in [3.8, 4) is 0 Å². The maximum Gasteiger partial charge on any atom is 0.227 e. The fourth-order valence-electron chi connectivity index (χ4n) is 2.88. The third-order valence-corrected chi connectivity index (χ3v) is 4.17. The molecule has 114 valence electrons. The lowest BCUT2D eigenvalue weighted by molar-refractivity contribution is -0.132. The summed E-state index contributed by atoms with van der Waals surface area (Å²) in [6, 6.07) is 20.5. The highest BCUT2D eigenvalue weighted by atomic mass is 16.2. The van der Waals surface area contributed by atoms with Crippen molar-refractivity contribution in [2.75, 3.05) is 26.2 Å². The van der Waals surface area contributed by atoms with Gasteiger partial charge in [0.05, 0.1) is 6.42 Å². The molecule has 2 aromatic rings. The van der Waals surface area contributed by atoms with Crippen LogP contribution in [0.15, 0.2) is 60.7 Å². The van der Waals surface area contributed by atoms with Gasteiger partial charge >= 0.3 is 0 Å². The minimum absolute atomic E-state index is 0.241. The molecule has 0 radical (unpaired) electrons.